The average molecular weight is 465 g/mol. The van der Waals surface area contributed by atoms with E-state index in [4.69, 9.17) is 14.7 Å². The van der Waals surface area contributed by atoms with Gasteiger partial charge < -0.3 is 14.5 Å². The second-order valence-corrected chi connectivity index (χ2v) is 10.1. The highest BCUT2D eigenvalue weighted by Crippen LogP contribution is 2.40. The van der Waals surface area contributed by atoms with Gasteiger partial charge in [-0.05, 0) is 55.9 Å². The molecule has 0 N–H and O–H groups in total. The monoisotopic (exact) mass is 464 g/mol. The van der Waals surface area contributed by atoms with Gasteiger partial charge in [0.1, 0.15) is 22.2 Å². The van der Waals surface area contributed by atoms with Crippen molar-refractivity contribution in [2.24, 2.45) is 0 Å². The minimum absolute atomic E-state index is 0.0675. The SMILES string of the molecule is CCCCc1nc(N2CCN(C(=O)c3cccc(OC)c3)CC2)c2c3c(sc2n1)CCCC3. The topological polar surface area (TPSA) is 58.6 Å². The molecule has 1 amide bonds. The number of hydrogen-bond acceptors (Lipinski definition) is 6. The maximum Gasteiger partial charge on any atom is 0.254 e. The van der Waals surface area contributed by atoms with Crippen LogP contribution in [-0.4, -0.2) is 54.1 Å². The van der Waals surface area contributed by atoms with Gasteiger partial charge in [-0.15, -0.1) is 11.3 Å². The van der Waals surface area contributed by atoms with Crippen LogP contribution < -0.4 is 9.64 Å². The predicted octanol–water partition coefficient (Wildman–Crippen LogP) is 4.88. The molecule has 2 aromatic heterocycles. The van der Waals surface area contributed by atoms with E-state index in [0.29, 0.717) is 24.4 Å². The van der Waals surface area contributed by atoms with E-state index in [1.165, 1.54) is 35.1 Å². The lowest BCUT2D eigenvalue weighted by Crippen LogP contribution is -2.49. The number of nitrogens with zero attached hydrogens (tertiary/aromatic N) is 4. The molecule has 0 saturated carbocycles. The number of methoxy groups -OCH3 is 1. The number of carbonyl (C=O) groups excluding carboxylic acids is 1. The van der Waals surface area contributed by atoms with E-state index in [9.17, 15) is 4.79 Å². The molecule has 0 radical (unpaired) electrons. The third-order valence-electron chi connectivity index (χ3n) is 6.78. The van der Waals surface area contributed by atoms with E-state index in [0.717, 1.165) is 55.2 Å². The molecular weight excluding hydrogens is 432 g/mol. The second kappa shape index (κ2) is 9.67. The maximum absolute atomic E-state index is 13.1. The molecule has 0 spiro atoms. The number of amides is 1. The normalized spacial score (nSPS) is 16.2. The van der Waals surface area contributed by atoms with Crippen LogP contribution in [0.2, 0.25) is 0 Å². The molecule has 1 fully saturated rings. The fourth-order valence-corrected chi connectivity index (χ4v) is 6.19. The number of anilines is 1. The third kappa shape index (κ3) is 4.43. The van der Waals surface area contributed by atoms with Crippen molar-refractivity contribution in [3.05, 3.63) is 46.1 Å². The molecule has 6 nitrogen and oxygen atoms in total. The lowest BCUT2D eigenvalue weighted by molar-refractivity contribution is 0.0746. The zero-order valence-electron chi connectivity index (χ0n) is 19.6. The van der Waals surface area contributed by atoms with Crippen LogP contribution in [0.4, 0.5) is 5.82 Å². The number of piperazine rings is 1. The first kappa shape index (κ1) is 22.1. The Morgan fingerprint density at radius 1 is 1.12 bits per heavy atom. The molecule has 1 aliphatic carbocycles. The molecule has 1 aromatic carbocycles. The maximum atomic E-state index is 13.1. The molecule has 3 aromatic rings. The number of aromatic nitrogens is 2. The van der Waals surface area contributed by atoms with Crippen LogP contribution in [0.1, 0.15) is 59.2 Å². The molecular formula is C26H32N4O2S. The molecule has 5 rings (SSSR count). The Morgan fingerprint density at radius 2 is 1.94 bits per heavy atom. The Morgan fingerprint density at radius 3 is 2.73 bits per heavy atom. The number of unbranched alkanes of at least 4 members (excludes halogenated alkanes) is 1. The molecule has 0 atom stereocenters. The Hall–Kier alpha value is -2.67. The number of aryl methyl sites for hydroxylation is 3. The van der Waals surface area contributed by atoms with Crippen molar-refractivity contribution in [3.63, 3.8) is 0 Å². The van der Waals surface area contributed by atoms with Gasteiger partial charge in [0.25, 0.3) is 5.91 Å². The first-order valence-corrected chi connectivity index (χ1v) is 13.0. The molecule has 0 bridgehead atoms. The van der Waals surface area contributed by atoms with Crippen molar-refractivity contribution in [2.45, 2.75) is 51.9 Å². The molecule has 7 heteroatoms. The van der Waals surface area contributed by atoms with Crippen molar-refractivity contribution < 1.29 is 9.53 Å². The summed E-state index contributed by atoms with van der Waals surface area (Å²) < 4.78 is 5.29. The molecule has 33 heavy (non-hydrogen) atoms. The summed E-state index contributed by atoms with van der Waals surface area (Å²) in [4.78, 5) is 30.1. The first-order chi connectivity index (χ1) is 16.2. The van der Waals surface area contributed by atoms with Gasteiger partial charge in [-0.2, -0.15) is 0 Å². The van der Waals surface area contributed by atoms with Gasteiger partial charge in [-0.1, -0.05) is 19.4 Å². The Bertz CT molecular complexity index is 1150. The molecule has 1 aliphatic heterocycles. The molecule has 0 unspecified atom stereocenters. The zero-order chi connectivity index (χ0) is 22.8. The van der Waals surface area contributed by atoms with Crippen LogP contribution in [0.15, 0.2) is 24.3 Å². The molecule has 2 aliphatic rings. The second-order valence-electron chi connectivity index (χ2n) is 8.97. The summed E-state index contributed by atoms with van der Waals surface area (Å²) in [6, 6.07) is 7.42. The van der Waals surface area contributed by atoms with E-state index < -0.39 is 0 Å². The Balaban J connectivity index is 1.40. The van der Waals surface area contributed by atoms with E-state index in [-0.39, 0.29) is 5.91 Å². The lowest BCUT2D eigenvalue weighted by atomic mass is 9.96. The number of ether oxygens (including phenoxy) is 1. The van der Waals surface area contributed by atoms with Crippen LogP contribution in [0.25, 0.3) is 10.2 Å². The van der Waals surface area contributed by atoms with Gasteiger partial charge in [0, 0.05) is 43.0 Å². The summed E-state index contributed by atoms with van der Waals surface area (Å²) in [6.07, 6.45) is 8.00. The standard InChI is InChI=1S/C26H32N4O2S/c1-3-4-12-22-27-24(23-20-10-5-6-11-21(20)33-25(23)28-22)29-13-15-30(16-14-29)26(31)18-8-7-9-19(17-18)32-2/h7-9,17H,3-6,10-16H2,1-2H3. The van der Waals surface area contributed by atoms with E-state index in [1.807, 2.05) is 40.5 Å². The minimum atomic E-state index is 0.0675. The smallest absolute Gasteiger partial charge is 0.254 e. The van der Waals surface area contributed by atoms with Crippen LogP contribution in [0.3, 0.4) is 0 Å². The number of thiophene rings is 1. The van der Waals surface area contributed by atoms with Gasteiger partial charge in [-0.25, -0.2) is 9.97 Å². The van der Waals surface area contributed by atoms with Gasteiger partial charge in [0.15, 0.2) is 0 Å². The summed E-state index contributed by atoms with van der Waals surface area (Å²) >= 11 is 1.88. The van der Waals surface area contributed by atoms with Gasteiger partial charge in [-0.3, -0.25) is 4.79 Å². The fraction of sp³-hybridized carbons (Fsp3) is 0.500. The lowest BCUT2D eigenvalue weighted by Gasteiger charge is -2.36. The van der Waals surface area contributed by atoms with Crippen molar-refractivity contribution in [3.8, 4) is 5.75 Å². The summed E-state index contributed by atoms with van der Waals surface area (Å²) in [5, 5.41) is 1.28. The quantitative estimate of drug-likeness (QED) is 0.520. The summed E-state index contributed by atoms with van der Waals surface area (Å²) in [6.45, 7) is 5.18. The predicted molar refractivity (Wildman–Crippen MR) is 134 cm³/mol. The van der Waals surface area contributed by atoms with Crippen molar-refractivity contribution >= 4 is 33.3 Å². The molecule has 3 heterocycles. The van der Waals surface area contributed by atoms with Gasteiger partial charge in [0.05, 0.1) is 12.5 Å². The minimum Gasteiger partial charge on any atom is -0.497 e. The summed E-state index contributed by atoms with van der Waals surface area (Å²) in [7, 11) is 1.63. The van der Waals surface area contributed by atoms with Crippen LogP contribution in [0, 0.1) is 0 Å². The van der Waals surface area contributed by atoms with Gasteiger partial charge >= 0.3 is 0 Å². The average Bonchev–Trinajstić information content (AvgIpc) is 3.25. The Labute approximate surface area is 199 Å². The van der Waals surface area contributed by atoms with Crippen LogP contribution in [-0.2, 0) is 19.3 Å². The molecule has 174 valence electrons. The number of carbonyl (C=O) groups is 1. The number of benzene rings is 1. The summed E-state index contributed by atoms with van der Waals surface area (Å²) in [5.74, 6) is 2.84. The highest BCUT2D eigenvalue weighted by atomic mass is 32.1. The highest BCUT2D eigenvalue weighted by Gasteiger charge is 2.28. The van der Waals surface area contributed by atoms with Crippen LogP contribution >= 0.6 is 11.3 Å². The molecule has 1 saturated heterocycles. The van der Waals surface area contributed by atoms with Crippen molar-refractivity contribution in [1.82, 2.24) is 14.9 Å². The van der Waals surface area contributed by atoms with E-state index in [1.54, 1.807) is 7.11 Å². The largest absolute Gasteiger partial charge is 0.497 e. The van der Waals surface area contributed by atoms with Gasteiger partial charge in [0.2, 0.25) is 0 Å². The van der Waals surface area contributed by atoms with Crippen molar-refractivity contribution in [2.75, 3.05) is 38.2 Å². The highest BCUT2D eigenvalue weighted by molar-refractivity contribution is 7.19. The number of rotatable bonds is 6. The van der Waals surface area contributed by atoms with E-state index in [2.05, 4.69) is 11.8 Å². The van der Waals surface area contributed by atoms with E-state index >= 15 is 0 Å². The van der Waals surface area contributed by atoms with Crippen molar-refractivity contribution in [1.29, 1.82) is 0 Å². The summed E-state index contributed by atoms with van der Waals surface area (Å²) in [5.41, 5.74) is 2.16. The number of fused-ring (bicyclic) bond motifs is 3. The zero-order valence-corrected chi connectivity index (χ0v) is 20.4. The first-order valence-electron chi connectivity index (χ1n) is 12.2. The number of hydrogen-bond donors (Lipinski definition) is 0. The Kier molecular flexibility index (Phi) is 6.49. The van der Waals surface area contributed by atoms with Crippen LogP contribution in [0.5, 0.6) is 5.75 Å². The fourth-order valence-electron chi connectivity index (χ4n) is 4.92. The third-order valence-corrected chi connectivity index (χ3v) is 7.96.